The summed E-state index contributed by atoms with van der Waals surface area (Å²) in [6.07, 6.45) is 3.92. The summed E-state index contributed by atoms with van der Waals surface area (Å²) in [6, 6.07) is 7.71. The molecule has 5 nitrogen and oxygen atoms in total. The van der Waals surface area contributed by atoms with E-state index in [0.717, 1.165) is 38.9 Å². The van der Waals surface area contributed by atoms with E-state index in [9.17, 15) is 9.59 Å². The van der Waals surface area contributed by atoms with E-state index in [2.05, 4.69) is 4.90 Å². The largest absolute Gasteiger partial charge is 0.497 e. The third-order valence-corrected chi connectivity index (χ3v) is 5.78. The number of hydrogen-bond donors (Lipinski definition) is 0. The highest BCUT2D eigenvalue weighted by molar-refractivity contribution is 5.94. The number of carbonyl (C=O) groups is 2. The molecule has 1 aromatic carbocycles. The first kappa shape index (κ1) is 15.5. The Balaban J connectivity index is 1.52. The third kappa shape index (κ3) is 2.66. The zero-order valence-corrected chi connectivity index (χ0v) is 14.1. The van der Waals surface area contributed by atoms with Crippen molar-refractivity contribution in [3.63, 3.8) is 0 Å². The van der Waals surface area contributed by atoms with E-state index >= 15 is 0 Å². The number of benzene rings is 1. The van der Waals surface area contributed by atoms with Gasteiger partial charge in [0.2, 0.25) is 5.91 Å². The minimum Gasteiger partial charge on any atom is -0.497 e. The normalized spacial score (nSPS) is 29.2. The molecule has 3 saturated heterocycles. The molecule has 3 aliphatic heterocycles. The van der Waals surface area contributed by atoms with Crippen LogP contribution in [0.2, 0.25) is 0 Å². The summed E-state index contributed by atoms with van der Waals surface area (Å²) in [5, 5.41) is 0. The molecule has 0 radical (unpaired) electrons. The van der Waals surface area contributed by atoms with Gasteiger partial charge in [-0.1, -0.05) is 6.07 Å². The van der Waals surface area contributed by atoms with Crippen LogP contribution in [0.5, 0.6) is 5.75 Å². The van der Waals surface area contributed by atoms with Gasteiger partial charge in [-0.25, -0.2) is 0 Å². The number of hydrogen-bond acceptors (Lipinski definition) is 3. The van der Waals surface area contributed by atoms with Crippen LogP contribution >= 0.6 is 0 Å². The molecule has 3 fully saturated rings. The van der Waals surface area contributed by atoms with Crippen molar-refractivity contribution in [1.29, 1.82) is 0 Å². The van der Waals surface area contributed by atoms with Gasteiger partial charge in [0.15, 0.2) is 0 Å². The Labute approximate surface area is 142 Å². The van der Waals surface area contributed by atoms with E-state index < -0.39 is 0 Å². The molecule has 2 amide bonds. The molecule has 0 N–H and O–H groups in total. The van der Waals surface area contributed by atoms with E-state index in [4.69, 9.17) is 4.74 Å². The van der Waals surface area contributed by atoms with Crippen molar-refractivity contribution < 1.29 is 14.3 Å². The number of likely N-dealkylation sites (tertiary alicyclic amines) is 1. The Morgan fingerprint density at radius 3 is 2.96 bits per heavy atom. The molecule has 3 atom stereocenters. The van der Waals surface area contributed by atoms with Gasteiger partial charge in [0.1, 0.15) is 5.75 Å². The molecule has 0 spiro atoms. The maximum atomic E-state index is 12.9. The van der Waals surface area contributed by atoms with Crippen LogP contribution in [-0.4, -0.2) is 54.4 Å². The number of ether oxygens (including phenoxy) is 1. The first-order chi connectivity index (χ1) is 11.7. The van der Waals surface area contributed by atoms with Crippen LogP contribution in [0, 0.1) is 11.8 Å². The molecule has 2 bridgehead atoms. The van der Waals surface area contributed by atoms with Gasteiger partial charge < -0.3 is 14.5 Å². The van der Waals surface area contributed by atoms with E-state index in [-0.39, 0.29) is 5.91 Å². The molecule has 0 aliphatic carbocycles. The van der Waals surface area contributed by atoms with Crippen molar-refractivity contribution in [2.24, 2.45) is 11.8 Å². The highest BCUT2D eigenvalue weighted by atomic mass is 16.5. The van der Waals surface area contributed by atoms with Crippen molar-refractivity contribution in [2.45, 2.75) is 31.7 Å². The Hall–Kier alpha value is -2.04. The lowest BCUT2D eigenvalue weighted by Gasteiger charge is -2.52. The molecule has 2 unspecified atom stereocenters. The second-order valence-electron chi connectivity index (χ2n) is 7.31. The molecule has 4 rings (SSSR count). The third-order valence-electron chi connectivity index (χ3n) is 5.78. The maximum Gasteiger partial charge on any atom is 0.254 e. The molecule has 24 heavy (non-hydrogen) atoms. The van der Waals surface area contributed by atoms with Crippen molar-refractivity contribution in [1.82, 2.24) is 9.80 Å². The first-order valence-electron chi connectivity index (χ1n) is 8.88. The van der Waals surface area contributed by atoms with Crippen molar-refractivity contribution in [2.75, 3.05) is 26.7 Å². The zero-order valence-electron chi connectivity index (χ0n) is 14.1. The minimum atomic E-state index is 0.0826. The number of fused-ring (bicyclic) bond motifs is 4. The summed E-state index contributed by atoms with van der Waals surface area (Å²) in [7, 11) is 1.61. The van der Waals surface area contributed by atoms with Crippen molar-refractivity contribution >= 4 is 11.8 Å². The Bertz CT molecular complexity index is 660. The Morgan fingerprint density at radius 2 is 2.12 bits per heavy atom. The number of amides is 2. The summed E-state index contributed by atoms with van der Waals surface area (Å²) >= 11 is 0. The lowest BCUT2D eigenvalue weighted by molar-refractivity contribution is -0.144. The number of methoxy groups -OCH3 is 1. The molecule has 3 aliphatic rings. The van der Waals surface area contributed by atoms with E-state index in [1.54, 1.807) is 7.11 Å². The summed E-state index contributed by atoms with van der Waals surface area (Å²) in [5.74, 6) is 1.95. The quantitative estimate of drug-likeness (QED) is 0.836. The number of nitrogens with zero attached hydrogens (tertiary/aromatic N) is 2. The maximum absolute atomic E-state index is 12.9. The summed E-state index contributed by atoms with van der Waals surface area (Å²) in [4.78, 5) is 29.2. The predicted molar refractivity (Wildman–Crippen MR) is 89.8 cm³/mol. The topological polar surface area (TPSA) is 49.9 Å². The van der Waals surface area contributed by atoms with Crippen LogP contribution in [-0.2, 0) is 4.79 Å². The van der Waals surface area contributed by atoms with E-state index in [1.807, 2.05) is 29.2 Å². The fraction of sp³-hybridized carbons (Fsp3) is 0.579. The monoisotopic (exact) mass is 328 g/mol. The van der Waals surface area contributed by atoms with Crippen molar-refractivity contribution in [3.05, 3.63) is 29.8 Å². The molecule has 0 saturated carbocycles. The van der Waals surface area contributed by atoms with Crippen LogP contribution in [0.1, 0.15) is 36.0 Å². The SMILES string of the molecule is COc1cccc(C(=O)N2CC3CC(C2)[C@H]2CCCC(=O)N2C3)c1. The van der Waals surface area contributed by atoms with E-state index in [1.165, 1.54) is 0 Å². The molecule has 5 heteroatoms. The van der Waals surface area contributed by atoms with Gasteiger partial charge in [0.05, 0.1) is 7.11 Å². The van der Waals surface area contributed by atoms with Crippen molar-refractivity contribution in [3.8, 4) is 5.75 Å². The van der Waals surface area contributed by atoms with Gasteiger partial charge in [0, 0.05) is 37.7 Å². The molecular formula is C19H24N2O3. The average molecular weight is 328 g/mol. The summed E-state index contributed by atoms with van der Waals surface area (Å²) in [5.41, 5.74) is 0.686. The van der Waals surface area contributed by atoms with Crippen LogP contribution in [0.3, 0.4) is 0 Å². The number of piperidine rings is 3. The summed E-state index contributed by atoms with van der Waals surface area (Å²) < 4.78 is 5.23. The highest BCUT2D eigenvalue weighted by Gasteiger charge is 2.44. The predicted octanol–water partition coefficient (Wildman–Crippen LogP) is 2.17. The average Bonchev–Trinajstić information content (AvgIpc) is 2.62. The fourth-order valence-electron chi connectivity index (χ4n) is 4.71. The van der Waals surface area contributed by atoms with Crippen LogP contribution in [0.25, 0.3) is 0 Å². The lowest BCUT2D eigenvalue weighted by Crippen LogP contribution is -2.61. The second kappa shape index (κ2) is 6.11. The van der Waals surface area contributed by atoms with Gasteiger partial charge in [-0.3, -0.25) is 9.59 Å². The van der Waals surface area contributed by atoms with Gasteiger partial charge in [-0.15, -0.1) is 0 Å². The van der Waals surface area contributed by atoms with Crippen LogP contribution in [0.4, 0.5) is 0 Å². The number of carbonyl (C=O) groups excluding carboxylic acids is 2. The molecule has 3 heterocycles. The van der Waals surface area contributed by atoms with E-state index in [0.29, 0.717) is 41.5 Å². The lowest BCUT2D eigenvalue weighted by atomic mass is 9.76. The molecule has 1 aromatic rings. The van der Waals surface area contributed by atoms with Gasteiger partial charge in [-0.05, 0) is 49.3 Å². The molecule has 0 aromatic heterocycles. The smallest absolute Gasteiger partial charge is 0.254 e. The minimum absolute atomic E-state index is 0.0826. The first-order valence-corrected chi connectivity index (χ1v) is 8.88. The van der Waals surface area contributed by atoms with Crippen LogP contribution < -0.4 is 4.74 Å². The summed E-state index contributed by atoms with van der Waals surface area (Å²) in [6.45, 7) is 2.34. The van der Waals surface area contributed by atoms with Gasteiger partial charge in [-0.2, -0.15) is 0 Å². The molecular weight excluding hydrogens is 304 g/mol. The Kier molecular flexibility index (Phi) is 3.94. The molecule has 128 valence electrons. The van der Waals surface area contributed by atoms with Crippen LogP contribution in [0.15, 0.2) is 24.3 Å². The van der Waals surface area contributed by atoms with Gasteiger partial charge >= 0.3 is 0 Å². The van der Waals surface area contributed by atoms with Gasteiger partial charge in [0.25, 0.3) is 5.91 Å². The zero-order chi connectivity index (χ0) is 16.7. The second-order valence-corrected chi connectivity index (χ2v) is 7.31. The standard InChI is InChI=1S/C19H24N2O3/c1-24-16-5-2-4-14(9-16)19(23)20-10-13-8-15(12-20)17-6-3-7-18(22)21(17)11-13/h2,4-5,9,13,15,17H,3,6-8,10-12H2,1H3/t13?,15?,17-/m1/s1. The highest BCUT2D eigenvalue weighted by Crippen LogP contribution is 2.38. The fourth-order valence-corrected chi connectivity index (χ4v) is 4.71. The Morgan fingerprint density at radius 1 is 1.25 bits per heavy atom. The number of rotatable bonds is 2.